The summed E-state index contributed by atoms with van der Waals surface area (Å²) in [7, 11) is 0. The van der Waals surface area contributed by atoms with E-state index in [0.29, 0.717) is 25.6 Å². The van der Waals surface area contributed by atoms with Crippen LogP contribution in [0.3, 0.4) is 0 Å². The summed E-state index contributed by atoms with van der Waals surface area (Å²) in [4.78, 5) is 12.4. The van der Waals surface area contributed by atoms with Gasteiger partial charge in [0.25, 0.3) is 0 Å². The summed E-state index contributed by atoms with van der Waals surface area (Å²) in [5, 5.41) is 8.99. The van der Waals surface area contributed by atoms with Gasteiger partial charge >= 0.3 is 6.09 Å². The maximum Gasteiger partial charge on any atom is 0.407 e. The highest BCUT2D eigenvalue weighted by Gasteiger charge is 2.23. The second-order valence-corrected chi connectivity index (χ2v) is 5.89. The highest BCUT2D eigenvalue weighted by atomic mass is 16.5. The molecule has 2 aromatic carbocycles. The number of likely N-dealkylation sites (tertiary alicyclic amines) is 1. The number of carboxylic acid groups (broad SMARTS) is 1. The number of hydrogen-bond donors (Lipinski definition) is 1. The van der Waals surface area contributed by atoms with E-state index in [9.17, 15) is 4.79 Å². The van der Waals surface area contributed by atoms with Gasteiger partial charge in [-0.2, -0.15) is 0 Å². The predicted molar refractivity (Wildman–Crippen MR) is 88.8 cm³/mol. The average Bonchev–Trinajstić information content (AvgIpc) is 2.61. The van der Waals surface area contributed by atoms with E-state index in [2.05, 4.69) is 12.1 Å². The quantitative estimate of drug-likeness (QED) is 0.924. The summed E-state index contributed by atoms with van der Waals surface area (Å²) >= 11 is 0. The fourth-order valence-corrected chi connectivity index (χ4v) is 2.98. The minimum Gasteiger partial charge on any atom is -0.489 e. The largest absolute Gasteiger partial charge is 0.489 e. The number of rotatable bonds is 4. The lowest BCUT2D eigenvalue weighted by atomic mass is 9.89. The van der Waals surface area contributed by atoms with Gasteiger partial charge in [-0.05, 0) is 42.0 Å². The highest BCUT2D eigenvalue weighted by molar-refractivity contribution is 5.65. The third-order valence-corrected chi connectivity index (χ3v) is 4.37. The van der Waals surface area contributed by atoms with Gasteiger partial charge in [0.2, 0.25) is 0 Å². The van der Waals surface area contributed by atoms with Crippen LogP contribution in [0.2, 0.25) is 0 Å². The van der Waals surface area contributed by atoms with Crippen molar-refractivity contribution in [3.05, 3.63) is 65.7 Å². The first-order valence-electron chi connectivity index (χ1n) is 7.97. The summed E-state index contributed by atoms with van der Waals surface area (Å²) in [6.07, 6.45) is 0.959. The molecule has 0 aromatic heterocycles. The molecular weight excluding hydrogens is 290 g/mol. The number of nitrogens with zero attached hydrogens (tertiary/aromatic N) is 1. The molecule has 1 aliphatic rings. The van der Waals surface area contributed by atoms with Crippen molar-refractivity contribution in [3.63, 3.8) is 0 Å². The predicted octanol–water partition coefficient (Wildman–Crippen LogP) is 4.12. The normalized spacial score (nSPS) is 15.4. The maximum atomic E-state index is 10.9. The number of hydrogen-bond acceptors (Lipinski definition) is 2. The fraction of sp³-hybridized carbons (Fsp3) is 0.316. The summed E-state index contributed by atoms with van der Waals surface area (Å²) in [6.45, 7) is 1.80. The molecule has 0 bridgehead atoms. The molecule has 120 valence electrons. The number of amides is 1. The monoisotopic (exact) mass is 311 g/mol. The molecule has 3 rings (SSSR count). The summed E-state index contributed by atoms with van der Waals surface area (Å²) < 4.78 is 5.80. The summed E-state index contributed by atoms with van der Waals surface area (Å²) in [5.41, 5.74) is 2.42. The third-order valence-electron chi connectivity index (χ3n) is 4.37. The molecular formula is C19H21NO3. The van der Waals surface area contributed by atoms with Crippen molar-refractivity contribution in [3.8, 4) is 5.75 Å². The van der Waals surface area contributed by atoms with Crippen LogP contribution in [0, 0.1) is 0 Å². The van der Waals surface area contributed by atoms with E-state index in [1.54, 1.807) is 0 Å². The van der Waals surface area contributed by atoms with Crippen LogP contribution in [0.15, 0.2) is 54.6 Å². The molecule has 1 heterocycles. The lowest BCUT2D eigenvalue weighted by Crippen LogP contribution is -2.36. The van der Waals surface area contributed by atoms with Gasteiger partial charge in [-0.1, -0.05) is 42.5 Å². The van der Waals surface area contributed by atoms with E-state index in [1.807, 2.05) is 42.5 Å². The minimum absolute atomic E-state index is 0.439. The van der Waals surface area contributed by atoms with Gasteiger partial charge in [-0.25, -0.2) is 4.79 Å². The van der Waals surface area contributed by atoms with E-state index >= 15 is 0 Å². The first-order chi connectivity index (χ1) is 11.2. The van der Waals surface area contributed by atoms with E-state index in [4.69, 9.17) is 9.84 Å². The van der Waals surface area contributed by atoms with Gasteiger partial charge in [-0.15, -0.1) is 0 Å². The van der Waals surface area contributed by atoms with Crippen molar-refractivity contribution in [2.24, 2.45) is 0 Å². The number of ether oxygens (including phenoxy) is 1. The van der Waals surface area contributed by atoms with Gasteiger partial charge < -0.3 is 14.7 Å². The van der Waals surface area contributed by atoms with Crippen molar-refractivity contribution in [1.82, 2.24) is 4.90 Å². The zero-order valence-electron chi connectivity index (χ0n) is 13.0. The Morgan fingerprint density at radius 1 is 1.04 bits per heavy atom. The molecule has 1 aliphatic heterocycles. The molecule has 0 atom stereocenters. The topological polar surface area (TPSA) is 49.8 Å². The van der Waals surface area contributed by atoms with Gasteiger partial charge in [0, 0.05) is 13.1 Å². The molecule has 0 saturated carbocycles. The molecule has 1 amide bonds. The Morgan fingerprint density at radius 2 is 1.70 bits per heavy atom. The Kier molecular flexibility index (Phi) is 4.81. The number of piperidine rings is 1. The first-order valence-corrected chi connectivity index (χ1v) is 7.97. The standard InChI is InChI=1S/C19H21NO3/c21-19(22)20-12-10-17(11-13-20)16-6-8-18(9-7-16)23-14-15-4-2-1-3-5-15/h1-9,17H,10-14H2,(H,21,22). The summed E-state index contributed by atoms with van der Waals surface area (Å²) in [5.74, 6) is 1.30. The first kappa shape index (κ1) is 15.4. The van der Waals surface area contributed by atoms with Crippen LogP contribution in [0.1, 0.15) is 29.9 Å². The summed E-state index contributed by atoms with van der Waals surface area (Å²) in [6, 6.07) is 18.3. The van der Waals surface area contributed by atoms with Crippen LogP contribution in [0.4, 0.5) is 4.79 Å². The molecule has 0 unspecified atom stereocenters. The van der Waals surface area contributed by atoms with E-state index in [0.717, 1.165) is 24.2 Å². The number of benzene rings is 2. The van der Waals surface area contributed by atoms with Crippen molar-refractivity contribution < 1.29 is 14.6 Å². The molecule has 1 saturated heterocycles. The van der Waals surface area contributed by atoms with Crippen LogP contribution in [0.5, 0.6) is 5.75 Å². The van der Waals surface area contributed by atoms with Crippen molar-refractivity contribution in [1.29, 1.82) is 0 Å². The van der Waals surface area contributed by atoms with Crippen LogP contribution < -0.4 is 4.74 Å². The molecule has 4 nitrogen and oxygen atoms in total. The Balaban J connectivity index is 1.54. The smallest absolute Gasteiger partial charge is 0.407 e. The van der Waals surface area contributed by atoms with Gasteiger partial charge in [-0.3, -0.25) is 0 Å². The Labute approximate surface area is 136 Å². The van der Waals surface area contributed by atoms with Gasteiger partial charge in [0.05, 0.1) is 0 Å². The molecule has 1 N–H and O–H groups in total. The van der Waals surface area contributed by atoms with Crippen molar-refractivity contribution in [2.45, 2.75) is 25.4 Å². The lowest BCUT2D eigenvalue weighted by Gasteiger charge is -2.30. The molecule has 0 spiro atoms. The van der Waals surface area contributed by atoms with E-state index in [1.165, 1.54) is 10.5 Å². The highest BCUT2D eigenvalue weighted by Crippen LogP contribution is 2.29. The van der Waals surface area contributed by atoms with Crippen LogP contribution in [-0.2, 0) is 6.61 Å². The Hall–Kier alpha value is -2.49. The Morgan fingerprint density at radius 3 is 2.30 bits per heavy atom. The third kappa shape index (κ3) is 4.03. The zero-order chi connectivity index (χ0) is 16.1. The van der Waals surface area contributed by atoms with Crippen molar-refractivity contribution in [2.75, 3.05) is 13.1 Å². The molecule has 2 aromatic rings. The Bertz CT molecular complexity index is 631. The second-order valence-electron chi connectivity index (χ2n) is 5.89. The number of carbonyl (C=O) groups is 1. The molecule has 0 aliphatic carbocycles. The van der Waals surface area contributed by atoms with Gasteiger partial charge in [0.15, 0.2) is 0 Å². The van der Waals surface area contributed by atoms with Gasteiger partial charge in [0.1, 0.15) is 12.4 Å². The van der Waals surface area contributed by atoms with E-state index in [-0.39, 0.29) is 0 Å². The van der Waals surface area contributed by atoms with E-state index < -0.39 is 6.09 Å². The molecule has 4 heteroatoms. The second kappa shape index (κ2) is 7.18. The maximum absolute atomic E-state index is 10.9. The average molecular weight is 311 g/mol. The zero-order valence-corrected chi connectivity index (χ0v) is 13.0. The lowest BCUT2D eigenvalue weighted by molar-refractivity contribution is 0.132. The van der Waals surface area contributed by atoms with Crippen LogP contribution >= 0.6 is 0 Å². The van der Waals surface area contributed by atoms with Crippen molar-refractivity contribution >= 4 is 6.09 Å². The molecule has 1 fully saturated rings. The SMILES string of the molecule is O=C(O)N1CCC(c2ccc(OCc3ccccc3)cc2)CC1. The molecule has 0 radical (unpaired) electrons. The fourth-order valence-electron chi connectivity index (χ4n) is 2.98. The van der Waals surface area contributed by atoms with Crippen LogP contribution in [0.25, 0.3) is 0 Å². The molecule has 23 heavy (non-hydrogen) atoms. The minimum atomic E-state index is -0.812. The van der Waals surface area contributed by atoms with Crippen LogP contribution in [-0.4, -0.2) is 29.2 Å².